The lowest BCUT2D eigenvalue weighted by atomic mass is 9.88. The molecule has 1 unspecified atom stereocenters. The molecule has 1 heterocycles. The molecule has 0 aromatic carbocycles. The highest BCUT2D eigenvalue weighted by molar-refractivity contribution is 5.77. The molecule has 2 N–H and O–H groups in total. The number of hydrogen-bond donors (Lipinski definition) is 2. The zero-order valence-electron chi connectivity index (χ0n) is 10.6. The first-order chi connectivity index (χ1) is 8.53. The van der Waals surface area contributed by atoms with Gasteiger partial charge in [0.2, 0.25) is 0 Å². The maximum atomic E-state index is 11.1. The van der Waals surface area contributed by atoms with Gasteiger partial charge in [-0.2, -0.15) is 9.78 Å². The minimum absolute atomic E-state index is 0.0416. The third-order valence-corrected chi connectivity index (χ3v) is 3.20. The highest BCUT2D eigenvalue weighted by Gasteiger charge is 2.62. The molecule has 18 heavy (non-hydrogen) atoms. The first-order valence-electron chi connectivity index (χ1n) is 6.35. The van der Waals surface area contributed by atoms with Crippen molar-refractivity contribution in [3.8, 4) is 0 Å². The zero-order chi connectivity index (χ0) is 13.6. The molecule has 1 aliphatic rings. The van der Waals surface area contributed by atoms with Gasteiger partial charge in [0.05, 0.1) is 0 Å². The monoisotopic (exact) mass is 260 g/mol. The fourth-order valence-electron chi connectivity index (χ4n) is 2.09. The SMILES string of the molecule is CCCCCC(CCCC(=O)O)C1(C(=O)O)OO1. The van der Waals surface area contributed by atoms with E-state index in [2.05, 4.69) is 16.7 Å². The highest BCUT2D eigenvalue weighted by Crippen LogP contribution is 2.43. The van der Waals surface area contributed by atoms with Crippen LogP contribution in [-0.2, 0) is 19.4 Å². The molecule has 1 saturated heterocycles. The summed E-state index contributed by atoms with van der Waals surface area (Å²) >= 11 is 0. The normalized spacial score (nSPS) is 18.3. The number of rotatable bonds is 10. The fraction of sp³-hybridized carbons (Fsp3) is 0.833. The average molecular weight is 260 g/mol. The summed E-state index contributed by atoms with van der Waals surface area (Å²) in [5.74, 6) is -3.80. The lowest BCUT2D eigenvalue weighted by Gasteiger charge is -2.17. The van der Waals surface area contributed by atoms with Crippen molar-refractivity contribution in [2.45, 2.75) is 57.7 Å². The lowest BCUT2D eigenvalue weighted by molar-refractivity contribution is -0.147. The van der Waals surface area contributed by atoms with Gasteiger partial charge in [0.25, 0.3) is 0 Å². The average Bonchev–Trinajstić information content (AvgIpc) is 3.08. The van der Waals surface area contributed by atoms with Crippen molar-refractivity contribution in [1.82, 2.24) is 0 Å². The molecule has 6 nitrogen and oxygen atoms in total. The van der Waals surface area contributed by atoms with E-state index in [0.717, 1.165) is 19.3 Å². The van der Waals surface area contributed by atoms with Crippen molar-refractivity contribution in [3.63, 3.8) is 0 Å². The molecule has 104 valence electrons. The van der Waals surface area contributed by atoms with Gasteiger partial charge in [-0.05, 0) is 19.3 Å². The summed E-state index contributed by atoms with van der Waals surface area (Å²) < 4.78 is 0. The summed E-state index contributed by atoms with van der Waals surface area (Å²) in [7, 11) is 0. The van der Waals surface area contributed by atoms with Crippen LogP contribution in [0, 0.1) is 5.92 Å². The van der Waals surface area contributed by atoms with Crippen molar-refractivity contribution in [3.05, 3.63) is 0 Å². The molecular formula is C12H20O6. The molecule has 0 aromatic heterocycles. The van der Waals surface area contributed by atoms with Gasteiger partial charge in [-0.25, -0.2) is 4.79 Å². The van der Waals surface area contributed by atoms with Crippen molar-refractivity contribution in [2.24, 2.45) is 5.92 Å². The van der Waals surface area contributed by atoms with Gasteiger partial charge in [-0.15, -0.1) is 0 Å². The number of carbonyl (C=O) groups is 2. The Hall–Kier alpha value is -1.14. The second-order valence-electron chi connectivity index (χ2n) is 4.62. The predicted octanol–water partition coefficient (Wildman–Crippen LogP) is 2.18. The van der Waals surface area contributed by atoms with Crippen LogP contribution in [0.3, 0.4) is 0 Å². The molecule has 0 aromatic rings. The van der Waals surface area contributed by atoms with Crippen LogP contribution in [0.1, 0.15) is 51.9 Å². The van der Waals surface area contributed by atoms with Crippen LogP contribution < -0.4 is 0 Å². The Morgan fingerprint density at radius 3 is 2.17 bits per heavy atom. The molecule has 0 radical (unpaired) electrons. The molecule has 0 saturated carbocycles. The number of unbranched alkanes of at least 4 members (excludes halogenated alkanes) is 2. The number of aliphatic carboxylic acids is 2. The maximum Gasteiger partial charge on any atom is 0.370 e. The maximum absolute atomic E-state index is 11.1. The summed E-state index contributed by atoms with van der Waals surface area (Å²) in [5.41, 5.74) is 0. The van der Waals surface area contributed by atoms with E-state index in [1.54, 1.807) is 0 Å². The Morgan fingerprint density at radius 1 is 1.11 bits per heavy atom. The van der Waals surface area contributed by atoms with Crippen molar-refractivity contribution < 1.29 is 29.6 Å². The van der Waals surface area contributed by atoms with Crippen molar-refractivity contribution in [1.29, 1.82) is 0 Å². The number of carboxylic acid groups (broad SMARTS) is 2. The van der Waals surface area contributed by atoms with Gasteiger partial charge < -0.3 is 10.2 Å². The molecule has 0 aliphatic carbocycles. The van der Waals surface area contributed by atoms with Crippen LogP contribution in [0.5, 0.6) is 0 Å². The highest BCUT2D eigenvalue weighted by atomic mass is 17.4. The zero-order valence-corrected chi connectivity index (χ0v) is 10.6. The van der Waals surface area contributed by atoms with Gasteiger partial charge in [0, 0.05) is 12.3 Å². The van der Waals surface area contributed by atoms with Crippen LogP contribution in [0.4, 0.5) is 0 Å². The van der Waals surface area contributed by atoms with E-state index < -0.39 is 17.7 Å². The van der Waals surface area contributed by atoms with Gasteiger partial charge in [0.15, 0.2) is 0 Å². The van der Waals surface area contributed by atoms with Crippen molar-refractivity contribution in [2.75, 3.05) is 0 Å². The minimum Gasteiger partial charge on any atom is -0.481 e. The first-order valence-corrected chi connectivity index (χ1v) is 6.35. The summed E-state index contributed by atoms with van der Waals surface area (Å²) in [4.78, 5) is 30.9. The molecule has 0 bridgehead atoms. The molecule has 0 spiro atoms. The second kappa shape index (κ2) is 6.70. The summed E-state index contributed by atoms with van der Waals surface area (Å²) in [6, 6.07) is 0. The largest absolute Gasteiger partial charge is 0.481 e. The van der Waals surface area contributed by atoms with E-state index in [1.165, 1.54) is 0 Å². The van der Waals surface area contributed by atoms with E-state index in [9.17, 15) is 9.59 Å². The van der Waals surface area contributed by atoms with E-state index in [-0.39, 0.29) is 12.3 Å². The summed E-state index contributed by atoms with van der Waals surface area (Å²) in [5, 5.41) is 17.7. The Kier molecular flexibility index (Phi) is 5.55. The van der Waals surface area contributed by atoms with Crippen molar-refractivity contribution >= 4 is 11.9 Å². The standard InChI is InChI=1S/C12H20O6/c1-2-3-4-6-9(7-5-8-10(13)14)12(11(15)16)17-18-12/h9H,2-8H2,1H3,(H,13,14)(H,15,16). The molecule has 1 aliphatic heterocycles. The van der Waals surface area contributed by atoms with E-state index in [1.807, 2.05) is 0 Å². The predicted molar refractivity (Wildman–Crippen MR) is 61.7 cm³/mol. The Morgan fingerprint density at radius 2 is 1.72 bits per heavy atom. The van der Waals surface area contributed by atoms with Crippen LogP contribution in [0.15, 0.2) is 0 Å². The van der Waals surface area contributed by atoms with Gasteiger partial charge in [-0.3, -0.25) is 4.79 Å². The first kappa shape index (κ1) is 14.9. The second-order valence-corrected chi connectivity index (χ2v) is 4.62. The number of hydrogen-bond acceptors (Lipinski definition) is 4. The number of carboxylic acids is 2. The van der Waals surface area contributed by atoms with Crippen LogP contribution in [0.25, 0.3) is 0 Å². The molecule has 6 heteroatoms. The van der Waals surface area contributed by atoms with E-state index in [4.69, 9.17) is 10.2 Å². The Labute approximate surface area is 106 Å². The minimum atomic E-state index is -1.52. The quantitative estimate of drug-likeness (QED) is 0.355. The molecule has 1 atom stereocenters. The fourth-order valence-corrected chi connectivity index (χ4v) is 2.09. The molecular weight excluding hydrogens is 240 g/mol. The van der Waals surface area contributed by atoms with Gasteiger partial charge >= 0.3 is 17.7 Å². The van der Waals surface area contributed by atoms with Gasteiger partial charge in [0.1, 0.15) is 0 Å². The summed E-state index contributed by atoms with van der Waals surface area (Å²) in [6.07, 6.45) is 4.61. The van der Waals surface area contributed by atoms with Crippen LogP contribution >= 0.6 is 0 Å². The van der Waals surface area contributed by atoms with Gasteiger partial charge in [-0.1, -0.05) is 26.2 Å². The Bertz CT molecular complexity index is 297. The molecule has 1 fully saturated rings. The van der Waals surface area contributed by atoms with Crippen LogP contribution in [0.2, 0.25) is 0 Å². The van der Waals surface area contributed by atoms with E-state index in [0.29, 0.717) is 19.3 Å². The third-order valence-electron chi connectivity index (χ3n) is 3.20. The molecule has 0 amide bonds. The topological polar surface area (TPSA) is 99.7 Å². The lowest BCUT2D eigenvalue weighted by Crippen LogP contribution is -2.33. The third kappa shape index (κ3) is 3.96. The van der Waals surface area contributed by atoms with E-state index >= 15 is 0 Å². The Balaban J connectivity index is 2.47. The molecule has 1 rings (SSSR count). The van der Waals surface area contributed by atoms with Crippen LogP contribution in [-0.4, -0.2) is 27.9 Å². The summed E-state index contributed by atoms with van der Waals surface area (Å²) in [6.45, 7) is 2.07. The smallest absolute Gasteiger partial charge is 0.370 e.